The number of thiophene rings is 1. The molecule has 0 radical (unpaired) electrons. The van der Waals surface area contributed by atoms with Crippen molar-refractivity contribution < 1.29 is 0 Å². The number of nitrogen functional groups attached to an aromatic ring is 1. The van der Waals surface area contributed by atoms with Gasteiger partial charge in [-0.15, -0.1) is 11.3 Å². The molecule has 1 heterocycles. The highest BCUT2D eigenvalue weighted by molar-refractivity contribution is 7.16. The van der Waals surface area contributed by atoms with Crippen molar-refractivity contribution in [2.75, 3.05) is 17.6 Å². The molecule has 18 heavy (non-hydrogen) atoms. The van der Waals surface area contributed by atoms with Gasteiger partial charge in [0.25, 0.3) is 0 Å². The summed E-state index contributed by atoms with van der Waals surface area (Å²) in [5, 5.41) is 4.06. The summed E-state index contributed by atoms with van der Waals surface area (Å²) in [5.41, 5.74) is 8.57. The highest BCUT2D eigenvalue weighted by Gasteiger charge is 2.06. The van der Waals surface area contributed by atoms with Crippen molar-refractivity contribution in [3.05, 3.63) is 44.1 Å². The molecule has 0 aliphatic rings. The fraction of sp³-hybridized carbons (Fsp3) is 0.231. The van der Waals surface area contributed by atoms with Gasteiger partial charge in [-0.3, -0.25) is 0 Å². The fourth-order valence-electron chi connectivity index (χ4n) is 1.74. The van der Waals surface area contributed by atoms with Crippen LogP contribution in [0.5, 0.6) is 0 Å². The molecule has 0 atom stereocenters. The molecule has 2 rings (SSSR count). The molecule has 0 unspecified atom stereocenters. The molecule has 0 bridgehead atoms. The van der Waals surface area contributed by atoms with Crippen LogP contribution in [0.2, 0.25) is 9.36 Å². The molecule has 0 aliphatic carbocycles. The average molecular weight is 301 g/mol. The molecule has 0 saturated heterocycles. The van der Waals surface area contributed by atoms with Crippen LogP contribution in [-0.2, 0) is 6.42 Å². The first-order chi connectivity index (χ1) is 8.58. The van der Waals surface area contributed by atoms with E-state index in [1.807, 2.05) is 31.2 Å². The number of hydrogen-bond donors (Lipinski definition) is 2. The zero-order valence-corrected chi connectivity index (χ0v) is 12.3. The van der Waals surface area contributed by atoms with Gasteiger partial charge in [0.15, 0.2) is 0 Å². The summed E-state index contributed by atoms with van der Waals surface area (Å²) < 4.78 is 0.823. The topological polar surface area (TPSA) is 38.0 Å². The molecule has 0 saturated carbocycles. The number of benzene rings is 1. The third kappa shape index (κ3) is 3.10. The Hall–Kier alpha value is -0.900. The Balaban J connectivity index is 2.00. The van der Waals surface area contributed by atoms with Gasteiger partial charge in [0.05, 0.1) is 15.7 Å². The second-order valence-corrected chi connectivity index (χ2v) is 6.23. The van der Waals surface area contributed by atoms with E-state index < -0.39 is 0 Å². The Morgan fingerprint density at radius 1 is 1.22 bits per heavy atom. The van der Waals surface area contributed by atoms with Crippen LogP contribution in [0.4, 0.5) is 11.4 Å². The van der Waals surface area contributed by atoms with Gasteiger partial charge in [0.1, 0.15) is 0 Å². The molecule has 3 N–H and O–H groups in total. The summed E-state index contributed by atoms with van der Waals surface area (Å²) in [5.74, 6) is 0. The largest absolute Gasteiger partial charge is 0.397 e. The molecule has 1 aromatic heterocycles. The summed E-state index contributed by atoms with van der Waals surface area (Å²) in [4.78, 5) is 1.26. The Morgan fingerprint density at radius 3 is 2.67 bits per heavy atom. The van der Waals surface area contributed by atoms with Crippen LogP contribution in [0, 0.1) is 6.92 Å². The molecule has 1 aromatic carbocycles. The second kappa shape index (κ2) is 5.83. The number of hydrogen-bond acceptors (Lipinski definition) is 3. The smallest absolute Gasteiger partial charge is 0.0931 e. The minimum Gasteiger partial charge on any atom is -0.397 e. The maximum atomic E-state index is 6.07. The quantitative estimate of drug-likeness (QED) is 0.810. The van der Waals surface area contributed by atoms with Gasteiger partial charge < -0.3 is 11.1 Å². The Morgan fingerprint density at radius 2 is 2.00 bits per heavy atom. The first-order valence-electron chi connectivity index (χ1n) is 5.60. The highest BCUT2D eigenvalue weighted by Crippen LogP contribution is 2.29. The lowest BCUT2D eigenvalue weighted by Gasteiger charge is -2.13. The lowest BCUT2D eigenvalue weighted by atomic mass is 10.1. The lowest BCUT2D eigenvalue weighted by Crippen LogP contribution is -2.07. The molecule has 5 heteroatoms. The zero-order chi connectivity index (χ0) is 13.1. The summed E-state index contributed by atoms with van der Waals surface area (Å²) in [6, 6.07) is 7.60. The van der Waals surface area contributed by atoms with Crippen LogP contribution >= 0.6 is 34.5 Å². The standard InChI is InChI=1S/C13H14Cl2N2S/c1-8-10(14)3-4-11(16)13(8)17-7-6-9-2-5-12(15)18-9/h2-5,17H,6-7,16H2,1H3. The minimum atomic E-state index is 0.723. The summed E-state index contributed by atoms with van der Waals surface area (Å²) >= 11 is 13.6. The van der Waals surface area contributed by atoms with Gasteiger partial charge in [0.2, 0.25) is 0 Å². The van der Waals surface area contributed by atoms with E-state index in [1.165, 1.54) is 4.88 Å². The van der Waals surface area contributed by atoms with Gasteiger partial charge in [-0.05, 0) is 43.2 Å². The zero-order valence-electron chi connectivity index (χ0n) is 9.97. The van der Waals surface area contributed by atoms with Crippen LogP contribution in [0.25, 0.3) is 0 Å². The predicted molar refractivity (Wildman–Crippen MR) is 82.1 cm³/mol. The monoisotopic (exact) mass is 300 g/mol. The summed E-state index contributed by atoms with van der Waals surface area (Å²) in [6.07, 6.45) is 0.919. The molecule has 0 amide bonds. The molecule has 0 aliphatic heterocycles. The van der Waals surface area contributed by atoms with Crippen LogP contribution in [0.3, 0.4) is 0 Å². The Labute approximate surface area is 121 Å². The van der Waals surface area contributed by atoms with Gasteiger partial charge in [-0.2, -0.15) is 0 Å². The van der Waals surface area contributed by atoms with Crippen molar-refractivity contribution >= 4 is 45.9 Å². The van der Waals surface area contributed by atoms with E-state index in [0.29, 0.717) is 0 Å². The van der Waals surface area contributed by atoms with Gasteiger partial charge in [0, 0.05) is 16.4 Å². The highest BCUT2D eigenvalue weighted by atomic mass is 35.5. The number of nitrogens with two attached hydrogens (primary N) is 1. The molecule has 2 nitrogen and oxygen atoms in total. The number of anilines is 2. The second-order valence-electron chi connectivity index (χ2n) is 4.02. The van der Waals surface area contributed by atoms with Crippen LogP contribution in [0.1, 0.15) is 10.4 Å². The van der Waals surface area contributed by atoms with E-state index in [2.05, 4.69) is 5.32 Å². The van der Waals surface area contributed by atoms with Crippen molar-refractivity contribution in [2.24, 2.45) is 0 Å². The Kier molecular flexibility index (Phi) is 4.38. The van der Waals surface area contributed by atoms with Gasteiger partial charge >= 0.3 is 0 Å². The molecule has 96 valence electrons. The summed E-state index contributed by atoms with van der Waals surface area (Å²) in [6.45, 7) is 2.77. The predicted octanol–water partition coefficient (Wildman–Crippen LogP) is 4.60. The van der Waals surface area contributed by atoms with Crippen LogP contribution in [0.15, 0.2) is 24.3 Å². The molecular weight excluding hydrogens is 287 g/mol. The maximum absolute atomic E-state index is 6.07. The Bertz CT molecular complexity index is 552. The average Bonchev–Trinajstić information content (AvgIpc) is 2.74. The fourth-order valence-corrected chi connectivity index (χ4v) is 2.98. The van der Waals surface area contributed by atoms with Crippen molar-refractivity contribution in [3.8, 4) is 0 Å². The maximum Gasteiger partial charge on any atom is 0.0931 e. The van der Waals surface area contributed by atoms with Crippen molar-refractivity contribution in [3.63, 3.8) is 0 Å². The molecule has 0 fully saturated rings. The lowest BCUT2D eigenvalue weighted by molar-refractivity contribution is 1.04. The van der Waals surface area contributed by atoms with E-state index in [-0.39, 0.29) is 0 Å². The first-order valence-corrected chi connectivity index (χ1v) is 7.18. The minimum absolute atomic E-state index is 0.723. The van der Waals surface area contributed by atoms with Crippen molar-refractivity contribution in [1.29, 1.82) is 0 Å². The van der Waals surface area contributed by atoms with Gasteiger partial charge in [-0.1, -0.05) is 23.2 Å². The van der Waals surface area contributed by atoms with Crippen LogP contribution < -0.4 is 11.1 Å². The van der Waals surface area contributed by atoms with E-state index >= 15 is 0 Å². The van der Waals surface area contributed by atoms with E-state index in [9.17, 15) is 0 Å². The van der Waals surface area contributed by atoms with E-state index in [4.69, 9.17) is 28.9 Å². The summed E-state index contributed by atoms with van der Waals surface area (Å²) in [7, 11) is 0. The van der Waals surface area contributed by atoms with E-state index in [0.717, 1.165) is 39.3 Å². The van der Waals surface area contributed by atoms with Gasteiger partial charge in [-0.25, -0.2) is 0 Å². The van der Waals surface area contributed by atoms with E-state index in [1.54, 1.807) is 11.3 Å². The van der Waals surface area contributed by atoms with Crippen molar-refractivity contribution in [2.45, 2.75) is 13.3 Å². The third-order valence-corrected chi connectivity index (χ3v) is 4.43. The SMILES string of the molecule is Cc1c(Cl)ccc(N)c1NCCc1ccc(Cl)s1. The first kappa shape index (κ1) is 13.5. The van der Waals surface area contributed by atoms with Crippen molar-refractivity contribution in [1.82, 2.24) is 0 Å². The molecule has 2 aromatic rings. The normalized spacial score (nSPS) is 10.6. The molecule has 0 spiro atoms. The number of nitrogens with one attached hydrogen (secondary N) is 1. The number of halogens is 2. The third-order valence-electron chi connectivity index (χ3n) is 2.73. The number of rotatable bonds is 4. The molecular formula is C13H14Cl2N2S. The van der Waals surface area contributed by atoms with Crippen LogP contribution in [-0.4, -0.2) is 6.54 Å².